The Kier molecular flexibility index (Phi) is 3.42. The molecule has 0 radical (unpaired) electrons. The normalized spacial score (nSPS) is 11.1. The van der Waals surface area contributed by atoms with Crippen molar-refractivity contribution in [1.29, 1.82) is 0 Å². The quantitative estimate of drug-likeness (QED) is 0.754. The lowest BCUT2D eigenvalue weighted by molar-refractivity contribution is 0.433. The summed E-state index contributed by atoms with van der Waals surface area (Å²) in [5.74, 6) is 1.07. The van der Waals surface area contributed by atoms with E-state index in [1.54, 1.807) is 22.7 Å². The number of thiophene rings is 2. The molecule has 0 saturated carbocycles. The number of nitrogens with two attached hydrogens (primary N) is 1. The molecule has 0 atom stereocenters. The van der Waals surface area contributed by atoms with Crippen molar-refractivity contribution in [2.75, 3.05) is 5.73 Å². The number of anilines is 1. The van der Waals surface area contributed by atoms with Crippen LogP contribution < -0.4 is 5.73 Å². The summed E-state index contributed by atoms with van der Waals surface area (Å²) in [7, 11) is 0. The monoisotopic (exact) mass is 355 g/mol. The first-order valence-electron chi connectivity index (χ1n) is 5.65. The number of halogens is 1. The molecule has 19 heavy (non-hydrogen) atoms. The first-order valence-corrected chi connectivity index (χ1v) is 8.08. The molecule has 0 unspecified atom stereocenters. The maximum atomic E-state index is 5.99. The van der Waals surface area contributed by atoms with Gasteiger partial charge in [0.1, 0.15) is 0 Å². The fourth-order valence-electron chi connectivity index (χ4n) is 1.67. The van der Waals surface area contributed by atoms with Crippen molar-refractivity contribution >= 4 is 43.6 Å². The Bertz CT molecular complexity index is 716. The summed E-state index contributed by atoms with van der Waals surface area (Å²) >= 11 is 6.55. The fourth-order valence-corrected chi connectivity index (χ4v) is 3.84. The second-order valence-electron chi connectivity index (χ2n) is 3.87. The number of nitrogen functional groups attached to an aromatic ring is 1. The Morgan fingerprint density at radius 1 is 1.37 bits per heavy atom. The molecule has 3 aromatic heterocycles. The van der Waals surface area contributed by atoms with Gasteiger partial charge in [-0.15, -0.1) is 22.7 Å². The molecule has 0 bridgehead atoms. The lowest BCUT2D eigenvalue weighted by Crippen LogP contribution is -1.83. The van der Waals surface area contributed by atoms with Crippen molar-refractivity contribution in [1.82, 2.24) is 10.1 Å². The van der Waals surface area contributed by atoms with Crippen LogP contribution >= 0.6 is 38.6 Å². The molecule has 2 N–H and O–H groups in total. The third-order valence-corrected chi connectivity index (χ3v) is 5.34. The van der Waals surface area contributed by atoms with E-state index in [0.717, 1.165) is 25.6 Å². The smallest absolute Gasteiger partial charge is 0.261 e. The molecule has 3 aromatic rings. The number of nitrogens with zero attached hydrogens (tertiary/aromatic N) is 2. The van der Waals surface area contributed by atoms with Gasteiger partial charge in [0, 0.05) is 4.88 Å². The molecular weight excluding hydrogens is 346 g/mol. The molecule has 0 aliphatic rings. The lowest BCUT2D eigenvalue weighted by Gasteiger charge is -1.88. The maximum absolute atomic E-state index is 5.99. The van der Waals surface area contributed by atoms with Crippen LogP contribution in [0.3, 0.4) is 0 Å². The molecule has 0 aliphatic carbocycles. The second kappa shape index (κ2) is 5.07. The number of rotatable bonds is 3. The van der Waals surface area contributed by atoms with Crippen molar-refractivity contribution in [3.8, 4) is 22.2 Å². The highest BCUT2D eigenvalue weighted by molar-refractivity contribution is 9.11. The van der Waals surface area contributed by atoms with Gasteiger partial charge in [-0.25, -0.2) is 0 Å². The predicted octanol–water partition coefficient (Wildman–Crippen LogP) is 4.43. The number of hydrogen-bond acceptors (Lipinski definition) is 6. The maximum Gasteiger partial charge on any atom is 0.261 e. The van der Waals surface area contributed by atoms with Crippen LogP contribution in [-0.4, -0.2) is 10.1 Å². The van der Waals surface area contributed by atoms with Gasteiger partial charge in [0.25, 0.3) is 5.89 Å². The first kappa shape index (κ1) is 12.8. The zero-order chi connectivity index (χ0) is 13.4. The number of hydrogen-bond donors (Lipinski definition) is 1. The lowest BCUT2D eigenvalue weighted by atomic mass is 10.2. The minimum absolute atomic E-state index is 0.480. The van der Waals surface area contributed by atoms with Crippen molar-refractivity contribution in [2.45, 2.75) is 13.3 Å². The first-order chi connectivity index (χ1) is 9.17. The zero-order valence-electron chi connectivity index (χ0n) is 10.0. The van der Waals surface area contributed by atoms with E-state index in [2.05, 4.69) is 33.0 Å². The average molecular weight is 356 g/mol. The molecule has 0 spiro atoms. The van der Waals surface area contributed by atoms with Crippen LogP contribution in [-0.2, 0) is 6.42 Å². The molecule has 7 heteroatoms. The highest BCUT2D eigenvalue weighted by atomic mass is 79.9. The zero-order valence-corrected chi connectivity index (χ0v) is 13.2. The van der Waals surface area contributed by atoms with Gasteiger partial charge in [-0.05, 0) is 40.5 Å². The molecular formula is C12H10BrN3OS2. The Labute approximate surface area is 126 Å². The Morgan fingerprint density at radius 2 is 2.21 bits per heavy atom. The van der Waals surface area contributed by atoms with Gasteiger partial charge in [0.2, 0.25) is 5.82 Å². The van der Waals surface area contributed by atoms with Crippen LogP contribution in [0.2, 0.25) is 0 Å². The molecule has 3 rings (SSSR count). The minimum Gasteiger partial charge on any atom is -0.390 e. The summed E-state index contributed by atoms with van der Waals surface area (Å²) in [6.45, 7) is 2.09. The van der Waals surface area contributed by atoms with Gasteiger partial charge in [0.15, 0.2) is 0 Å². The van der Waals surface area contributed by atoms with Crippen LogP contribution in [0.25, 0.3) is 22.2 Å². The van der Waals surface area contributed by atoms with E-state index in [0.29, 0.717) is 11.7 Å². The molecule has 0 saturated heterocycles. The fraction of sp³-hybridized carbons (Fsp3) is 0.167. The van der Waals surface area contributed by atoms with Crippen molar-refractivity contribution in [3.63, 3.8) is 0 Å². The van der Waals surface area contributed by atoms with E-state index >= 15 is 0 Å². The van der Waals surface area contributed by atoms with Crippen LogP contribution in [0.1, 0.15) is 11.8 Å². The summed E-state index contributed by atoms with van der Waals surface area (Å²) in [6, 6.07) is 5.93. The van der Waals surface area contributed by atoms with Gasteiger partial charge >= 0.3 is 0 Å². The van der Waals surface area contributed by atoms with Gasteiger partial charge in [0.05, 0.1) is 19.2 Å². The van der Waals surface area contributed by atoms with E-state index in [-0.39, 0.29) is 0 Å². The molecule has 98 valence electrons. The molecule has 0 amide bonds. The van der Waals surface area contributed by atoms with E-state index < -0.39 is 0 Å². The molecule has 0 fully saturated rings. The highest BCUT2D eigenvalue weighted by Crippen LogP contribution is 2.35. The minimum atomic E-state index is 0.480. The van der Waals surface area contributed by atoms with Gasteiger partial charge < -0.3 is 10.3 Å². The van der Waals surface area contributed by atoms with E-state index in [9.17, 15) is 0 Å². The average Bonchev–Trinajstić information content (AvgIpc) is 3.07. The Morgan fingerprint density at radius 3 is 2.84 bits per heavy atom. The van der Waals surface area contributed by atoms with Gasteiger partial charge in [-0.2, -0.15) is 4.98 Å². The summed E-state index contributed by atoms with van der Waals surface area (Å²) in [6.07, 6.45) is 0.952. The standard InChI is InChI=1S/C12H10BrN3OS2/c1-2-6-5-7(10(14)18-6)12-15-11(16-17-12)8-3-4-9(13)19-8/h3-5H,2,14H2,1H3. The van der Waals surface area contributed by atoms with Crippen LogP contribution in [0.4, 0.5) is 5.00 Å². The Hall–Kier alpha value is -1.18. The summed E-state index contributed by atoms with van der Waals surface area (Å²) < 4.78 is 6.35. The second-order valence-corrected chi connectivity index (χ2v) is 7.50. The van der Waals surface area contributed by atoms with E-state index in [1.165, 1.54) is 4.88 Å². The van der Waals surface area contributed by atoms with E-state index in [1.807, 2.05) is 18.2 Å². The van der Waals surface area contributed by atoms with Crippen LogP contribution in [0.15, 0.2) is 26.5 Å². The predicted molar refractivity (Wildman–Crippen MR) is 82.4 cm³/mol. The number of aryl methyl sites for hydroxylation is 1. The summed E-state index contributed by atoms with van der Waals surface area (Å²) in [4.78, 5) is 6.59. The van der Waals surface area contributed by atoms with Crippen molar-refractivity contribution in [2.24, 2.45) is 0 Å². The summed E-state index contributed by atoms with van der Waals surface area (Å²) in [5, 5.41) is 4.73. The SMILES string of the molecule is CCc1cc(-c2nc(-c3ccc(Br)s3)no2)c(N)s1. The summed E-state index contributed by atoms with van der Waals surface area (Å²) in [5.41, 5.74) is 6.82. The van der Waals surface area contributed by atoms with E-state index in [4.69, 9.17) is 10.3 Å². The molecule has 4 nitrogen and oxygen atoms in total. The van der Waals surface area contributed by atoms with Crippen molar-refractivity contribution < 1.29 is 4.52 Å². The highest BCUT2D eigenvalue weighted by Gasteiger charge is 2.16. The molecule has 0 aliphatic heterocycles. The van der Waals surface area contributed by atoms with Gasteiger partial charge in [-0.1, -0.05) is 12.1 Å². The van der Waals surface area contributed by atoms with Gasteiger partial charge in [-0.3, -0.25) is 0 Å². The van der Waals surface area contributed by atoms with Crippen LogP contribution in [0.5, 0.6) is 0 Å². The number of aromatic nitrogens is 2. The van der Waals surface area contributed by atoms with Crippen molar-refractivity contribution in [3.05, 3.63) is 26.9 Å². The van der Waals surface area contributed by atoms with Crippen LogP contribution in [0, 0.1) is 0 Å². The topological polar surface area (TPSA) is 64.9 Å². The molecule has 0 aromatic carbocycles. The third-order valence-electron chi connectivity index (χ3n) is 2.61. The molecule has 3 heterocycles. The Balaban J connectivity index is 1.98. The third kappa shape index (κ3) is 2.45. The largest absolute Gasteiger partial charge is 0.390 e.